The van der Waals surface area contributed by atoms with Gasteiger partial charge in [0.05, 0.1) is 6.04 Å². The van der Waals surface area contributed by atoms with E-state index in [2.05, 4.69) is 30.8 Å². The first-order chi connectivity index (χ1) is 9.58. The first-order valence-corrected chi connectivity index (χ1v) is 7.49. The summed E-state index contributed by atoms with van der Waals surface area (Å²) in [4.78, 5) is 11.8. The molecule has 4 nitrogen and oxygen atoms in total. The Kier molecular flexibility index (Phi) is 4.22. The Bertz CT molecular complexity index is 550. The van der Waals surface area contributed by atoms with Crippen molar-refractivity contribution in [1.29, 1.82) is 0 Å². The molecule has 0 saturated heterocycles. The summed E-state index contributed by atoms with van der Waals surface area (Å²) in [7, 11) is 0. The molecule has 0 heterocycles. The molecule has 1 aromatic rings. The molecule has 0 aromatic heterocycles. The number of fused-ring (bicyclic) bond motifs is 1. The van der Waals surface area contributed by atoms with Crippen LogP contribution in [0.5, 0.6) is 0 Å². The molecule has 0 radical (unpaired) electrons. The van der Waals surface area contributed by atoms with Crippen molar-refractivity contribution in [3.63, 3.8) is 0 Å². The number of ether oxygens (including phenoxy) is 1. The van der Waals surface area contributed by atoms with E-state index < -0.39 is 11.7 Å². The SMILES string of the molecule is CC(C)(C)OC(=O)NNC1c2cc(Cl)ccc2CC1(C)C. The molecule has 1 aromatic carbocycles. The van der Waals surface area contributed by atoms with E-state index in [0.29, 0.717) is 5.02 Å². The van der Waals surface area contributed by atoms with Gasteiger partial charge in [0.1, 0.15) is 5.60 Å². The summed E-state index contributed by atoms with van der Waals surface area (Å²) < 4.78 is 5.24. The molecule has 1 atom stereocenters. The van der Waals surface area contributed by atoms with Gasteiger partial charge < -0.3 is 4.74 Å². The number of benzene rings is 1. The van der Waals surface area contributed by atoms with Crippen molar-refractivity contribution >= 4 is 17.7 Å². The minimum Gasteiger partial charge on any atom is -0.443 e. The lowest BCUT2D eigenvalue weighted by Gasteiger charge is -2.29. The fraction of sp³-hybridized carbons (Fsp3) is 0.562. The van der Waals surface area contributed by atoms with Gasteiger partial charge in [-0.1, -0.05) is 31.5 Å². The minimum absolute atomic E-state index is 0.00119. The third-order valence-corrected chi connectivity index (χ3v) is 3.80. The lowest BCUT2D eigenvalue weighted by molar-refractivity contribution is 0.0470. The summed E-state index contributed by atoms with van der Waals surface area (Å²) in [5.74, 6) is 0. The van der Waals surface area contributed by atoms with Crippen LogP contribution in [0.4, 0.5) is 4.79 Å². The van der Waals surface area contributed by atoms with Crippen LogP contribution < -0.4 is 10.9 Å². The highest BCUT2D eigenvalue weighted by Crippen LogP contribution is 2.45. The van der Waals surface area contributed by atoms with Crippen LogP contribution in [-0.4, -0.2) is 11.7 Å². The molecule has 0 spiro atoms. The summed E-state index contributed by atoms with van der Waals surface area (Å²) in [6, 6.07) is 5.91. The predicted molar refractivity (Wildman–Crippen MR) is 84.2 cm³/mol. The normalized spacial score (nSPS) is 20.0. The average Bonchev–Trinajstić information content (AvgIpc) is 2.54. The lowest BCUT2D eigenvalue weighted by Crippen LogP contribution is -2.45. The number of hydrogen-bond donors (Lipinski definition) is 2. The van der Waals surface area contributed by atoms with Crippen molar-refractivity contribution in [2.45, 2.75) is 52.7 Å². The van der Waals surface area contributed by atoms with Crippen molar-refractivity contribution in [3.05, 3.63) is 34.3 Å². The smallest absolute Gasteiger partial charge is 0.422 e. The molecular formula is C16H23ClN2O2. The zero-order valence-electron chi connectivity index (χ0n) is 13.2. The summed E-state index contributed by atoms with van der Waals surface area (Å²) in [5, 5.41) is 0.704. The number of hydrazine groups is 1. The third-order valence-electron chi connectivity index (χ3n) is 3.56. The number of nitrogens with one attached hydrogen (secondary N) is 2. The summed E-state index contributed by atoms with van der Waals surface area (Å²) in [5.41, 5.74) is 7.60. The van der Waals surface area contributed by atoms with E-state index in [1.165, 1.54) is 5.56 Å². The summed E-state index contributed by atoms with van der Waals surface area (Å²) in [6.07, 6.45) is 0.460. The molecule has 0 fully saturated rings. The van der Waals surface area contributed by atoms with Gasteiger partial charge in [-0.3, -0.25) is 5.43 Å². The molecule has 0 aliphatic heterocycles. The first kappa shape index (κ1) is 16.1. The van der Waals surface area contributed by atoms with Gasteiger partial charge in [-0.15, -0.1) is 0 Å². The van der Waals surface area contributed by atoms with E-state index in [1.807, 2.05) is 32.9 Å². The molecule has 2 N–H and O–H groups in total. The van der Waals surface area contributed by atoms with E-state index in [1.54, 1.807) is 0 Å². The second-order valence-corrected chi connectivity index (χ2v) is 7.65. The molecule has 1 amide bonds. The molecule has 1 aliphatic carbocycles. The van der Waals surface area contributed by atoms with Gasteiger partial charge in [-0.2, -0.15) is 0 Å². The van der Waals surface area contributed by atoms with Crippen molar-refractivity contribution in [1.82, 2.24) is 10.9 Å². The molecule has 2 rings (SSSR count). The van der Waals surface area contributed by atoms with Gasteiger partial charge in [0.25, 0.3) is 0 Å². The Labute approximate surface area is 131 Å². The molecule has 1 unspecified atom stereocenters. The molecule has 0 saturated carbocycles. The number of amides is 1. The van der Waals surface area contributed by atoms with E-state index in [9.17, 15) is 4.79 Å². The molecule has 0 bridgehead atoms. The van der Waals surface area contributed by atoms with Gasteiger partial charge in [0.2, 0.25) is 0 Å². The van der Waals surface area contributed by atoms with Crippen LogP contribution in [0.25, 0.3) is 0 Å². The largest absolute Gasteiger partial charge is 0.443 e. The Morgan fingerprint density at radius 1 is 1.38 bits per heavy atom. The van der Waals surface area contributed by atoms with Crippen LogP contribution in [-0.2, 0) is 11.2 Å². The van der Waals surface area contributed by atoms with Crippen molar-refractivity contribution in [2.75, 3.05) is 0 Å². The van der Waals surface area contributed by atoms with Gasteiger partial charge >= 0.3 is 6.09 Å². The lowest BCUT2D eigenvalue weighted by atomic mass is 9.86. The molecular weight excluding hydrogens is 288 g/mol. The number of rotatable bonds is 2. The zero-order valence-corrected chi connectivity index (χ0v) is 14.0. The molecule has 5 heteroatoms. The van der Waals surface area contributed by atoms with Crippen molar-refractivity contribution in [3.8, 4) is 0 Å². The Balaban J connectivity index is 2.09. The van der Waals surface area contributed by atoms with Crippen LogP contribution >= 0.6 is 11.6 Å². The van der Waals surface area contributed by atoms with Gasteiger partial charge in [-0.25, -0.2) is 10.2 Å². The Hall–Kier alpha value is -1.26. The third kappa shape index (κ3) is 3.89. The maximum atomic E-state index is 11.8. The van der Waals surface area contributed by atoms with Crippen LogP contribution in [0.15, 0.2) is 18.2 Å². The molecule has 116 valence electrons. The van der Waals surface area contributed by atoms with Gasteiger partial charge in [0.15, 0.2) is 0 Å². The highest BCUT2D eigenvalue weighted by Gasteiger charge is 2.39. The topological polar surface area (TPSA) is 50.4 Å². The van der Waals surface area contributed by atoms with Crippen LogP contribution in [0.1, 0.15) is 51.8 Å². The van der Waals surface area contributed by atoms with E-state index >= 15 is 0 Å². The minimum atomic E-state index is -0.516. The quantitative estimate of drug-likeness (QED) is 0.812. The molecule has 21 heavy (non-hydrogen) atoms. The van der Waals surface area contributed by atoms with E-state index in [0.717, 1.165) is 12.0 Å². The standard InChI is InChI=1S/C16H23ClN2O2/c1-15(2,3)21-14(20)19-18-13-12-8-11(17)7-6-10(12)9-16(13,4)5/h6-8,13,18H,9H2,1-5H3,(H,19,20). The number of carbonyl (C=O) groups excluding carboxylic acids is 1. The number of hydrogen-bond acceptors (Lipinski definition) is 3. The van der Waals surface area contributed by atoms with Crippen molar-refractivity contribution in [2.24, 2.45) is 5.41 Å². The Morgan fingerprint density at radius 3 is 2.67 bits per heavy atom. The Morgan fingerprint density at radius 2 is 2.05 bits per heavy atom. The van der Waals surface area contributed by atoms with Gasteiger partial charge in [-0.05, 0) is 55.9 Å². The van der Waals surface area contributed by atoms with E-state index in [4.69, 9.17) is 16.3 Å². The van der Waals surface area contributed by atoms with Crippen molar-refractivity contribution < 1.29 is 9.53 Å². The second kappa shape index (κ2) is 5.50. The monoisotopic (exact) mass is 310 g/mol. The predicted octanol–water partition coefficient (Wildman–Crippen LogP) is 3.99. The van der Waals surface area contributed by atoms with Crippen LogP contribution in [0, 0.1) is 5.41 Å². The highest BCUT2D eigenvalue weighted by molar-refractivity contribution is 6.30. The average molecular weight is 311 g/mol. The maximum absolute atomic E-state index is 11.8. The molecule has 1 aliphatic rings. The first-order valence-electron chi connectivity index (χ1n) is 7.11. The summed E-state index contributed by atoms with van der Waals surface area (Å²) in [6.45, 7) is 9.83. The number of halogens is 1. The fourth-order valence-electron chi connectivity index (χ4n) is 2.72. The van der Waals surface area contributed by atoms with Crippen LogP contribution in [0.2, 0.25) is 5.02 Å². The second-order valence-electron chi connectivity index (χ2n) is 7.21. The van der Waals surface area contributed by atoms with E-state index in [-0.39, 0.29) is 11.5 Å². The fourth-order valence-corrected chi connectivity index (χ4v) is 2.90. The highest BCUT2D eigenvalue weighted by atomic mass is 35.5. The van der Waals surface area contributed by atoms with Crippen LogP contribution in [0.3, 0.4) is 0 Å². The number of carbonyl (C=O) groups is 1. The summed E-state index contributed by atoms with van der Waals surface area (Å²) >= 11 is 6.09. The maximum Gasteiger partial charge on any atom is 0.422 e. The zero-order chi connectivity index (χ0) is 15.8. The van der Waals surface area contributed by atoms with Gasteiger partial charge in [0, 0.05) is 5.02 Å².